The summed E-state index contributed by atoms with van der Waals surface area (Å²) < 4.78 is 62.2. The molecule has 2 rings (SSSR count). The van der Waals surface area contributed by atoms with Crippen molar-refractivity contribution in [2.75, 3.05) is 5.43 Å². The van der Waals surface area contributed by atoms with E-state index in [1.807, 2.05) is 0 Å². The molecule has 12 heteroatoms. The SMILES string of the molecule is N#C/C(=N\Nc1ccc(S(=O)(=O)c2ccc(SC(F)(F)F)cc2)cc1)C(=N)N. The topological polar surface area (TPSA) is 132 Å². The molecular weight excluding hydrogens is 415 g/mol. The summed E-state index contributed by atoms with van der Waals surface area (Å²) in [6, 6.07) is 11.3. The highest BCUT2D eigenvalue weighted by molar-refractivity contribution is 8.00. The van der Waals surface area contributed by atoms with Crippen molar-refractivity contribution in [2.45, 2.75) is 20.2 Å². The van der Waals surface area contributed by atoms with Gasteiger partial charge in [0.05, 0.1) is 15.5 Å². The predicted molar refractivity (Wildman–Crippen MR) is 98.8 cm³/mol. The Morgan fingerprint density at radius 1 is 1.11 bits per heavy atom. The zero-order valence-electron chi connectivity index (χ0n) is 13.9. The molecule has 7 nitrogen and oxygen atoms in total. The Hall–Kier alpha value is -3.04. The highest BCUT2D eigenvalue weighted by Gasteiger charge is 2.29. The second-order valence-electron chi connectivity index (χ2n) is 5.14. The lowest BCUT2D eigenvalue weighted by atomic mass is 10.3. The summed E-state index contributed by atoms with van der Waals surface area (Å²) in [5.74, 6) is -0.527. The van der Waals surface area contributed by atoms with Gasteiger partial charge < -0.3 is 5.73 Å². The Morgan fingerprint density at radius 2 is 1.61 bits per heavy atom. The smallest absolute Gasteiger partial charge is 0.382 e. The van der Waals surface area contributed by atoms with Crippen molar-refractivity contribution in [1.29, 1.82) is 10.7 Å². The number of nitrogens with two attached hydrogens (primary N) is 1. The zero-order valence-corrected chi connectivity index (χ0v) is 15.5. The lowest BCUT2D eigenvalue weighted by Crippen LogP contribution is -2.21. The third-order valence-corrected chi connectivity index (χ3v) is 5.71. The molecule has 0 radical (unpaired) electrons. The Bertz CT molecular complexity index is 1040. The number of hydrazone groups is 1. The Labute approximate surface area is 162 Å². The van der Waals surface area contributed by atoms with Crippen LogP contribution >= 0.6 is 11.8 Å². The molecule has 0 bridgehead atoms. The fraction of sp³-hybridized carbons (Fsp3) is 0.0625. The number of sulfone groups is 1. The number of hydrogen-bond donors (Lipinski definition) is 3. The summed E-state index contributed by atoms with van der Waals surface area (Å²) in [6.45, 7) is 0. The van der Waals surface area contributed by atoms with E-state index in [1.54, 1.807) is 6.07 Å². The number of nitrogens with one attached hydrogen (secondary N) is 2. The van der Waals surface area contributed by atoms with E-state index < -0.39 is 21.2 Å². The Morgan fingerprint density at radius 3 is 2.04 bits per heavy atom. The maximum absolute atomic E-state index is 12.6. The van der Waals surface area contributed by atoms with Crippen molar-refractivity contribution in [3.8, 4) is 6.07 Å². The number of thioether (sulfide) groups is 1. The molecule has 0 amide bonds. The van der Waals surface area contributed by atoms with Gasteiger partial charge in [-0.1, -0.05) is 0 Å². The number of hydrogen-bond acceptors (Lipinski definition) is 7. The van der Waals surface area contributed by atoms with Gasteiger partial charge in [-0.15, -0.1) is 0 Å². The van der Waals surface area contributed by atoms with E-state index >= 15 is 0 Å². The second kappa shape index (κ2) is 8.32. The molecule has 0 fully saturated rings. The van der Waals surface area contributed by atoms with Crippen LogP contribution in [0.25, 0.3) is 0 Å². The predicted octanol–water partition coefficient (Wildman–Crippen LogP) is 3.36. The van der Waals surface area contributed by atoms with Gasteiger partial charge in [-0.25, -0.2) is 8.42 Å². The molecule has 0 aliphatic heterocycles. The molecule has 0 spiro atoms. The van der Waals surface area contributed by atoms with Gasteiger partial charge in [-0.05, 0) is 60.3 Å². The average Bonchev–Trinajstić information content (AvgIpc) is 2.61. The van der Waals surface area contributed by atoms with Gasteiger partial charge in [0, 0.05) is 4.90 Å². The van der Waals surface area contributed by atoms with Crippen molar-refractivity contribution in [1.82, 2.24) is 0 Å². The van der Waals surface area contributed by atoms with E-state index in [-0.39, 0.29) is 32.2 Å². The molecule has 0 aliphatic rings. The minimum Gasteiger partial charge on any atom is -0.382 e. The molecule has 28 heavy (non-hydrogen) atoms. The van der Waals surface area contributed by atoms with Crippen LogP contribution in [-0.2, 0) is 9.84 Å². The summed E-state index contributed by atoms with van der Waals surface area (Å²) in [4.78, 5) is -0.353. The monoisotopic (exact) mass is 427 g/mol. The molecule has 0 saturated carbocycles. The van der Waals surface area contributed by atoms with Gasteiger partial charge in [0.25, 0.3) is 0 Å². The van der Waals surface area contributed by atoms with Crippen LogP contribution in [0, 0.1) is 16.7 Å². The highest BCUT2D eigenvalue weighted by Crippen LogP contribution is 2.37. The minimum atomic E-state index is -4.46. The first-order chi connectivity index (χ1) is 13.0. The van der Waals surface area contributed by atoms with Crippen LogP contribution in [0.2, 0.25) is 0 Å². The van der Waals surface area contributed by atoms with Crippen LogP contribution < -0.4 is 11.2 Å². The van der Waals surface area contributed by atoms with Crippen LogP contribution in [0.15, 0.2) is 68.3 Å². The summed E-state index contributed by atoms with van der Waals surface area (Å²) in [6.07, 6.45) is 0. The Balaban J connectivity index is 2.20. The van der Waals surface area contributed by atoms with Gasteiger partial charge in [-0.3, -0.25) is 10.8 Å². The van der Waals surface area contributed by atoms with Gasteiger partial charge >= 0.3 is 5.51 Å². The molecule has 0 heterocycles. The summed E-state index contributed by atoms with van der Waals surface area (Å²) in [5.41, 5.74) is 3.15. The molecule has 0 aromatic heterocycles. The molecule has 4 N–H and O–H groups in total. The van der Waals surface area contributed by atoms with E-state index in [4.69, 9.17) is 16.4 Å². The van der Waals surface area contributed by atoms with Crippen molar-refractivity contribution in [3.05, 3.63) is 48.5 Å². The van der Waals surface area contributed by atoms with Crippen LogP contribution in [0.5, 0.6) is 0 Å². The number of nitrogens with zero attached hydrogens (tertiary/aromatic N) is 2. The number of nitriles is 1. The van der Waals surface area contributed by atoms with Crippen LogP contribution in [-0.4, -0.2) is 25.5 Å². The largest absolute Gasteiger partial charge is 0.446 e. The Kier molecular flexibility index (Phi) is 6.32. The first-order valence-electron chi connectivity index (χ1n) is 7.32. The van der Waals surface area contributed by atoms with Crippen LogP contribution in [0.4, 0.5) is 18.9 Å². The third-order valence-electron chi connectivity index (χ3n) is 3.19. The average molecular weight is 427 g/mol. The lowest BCUT2D eigenvalue weighted by Gasteiger charge is -2.08. The van der Waals surface area contributed by atoms with E-state index in [0.717, 1.165) is 24.3 Å². The zero-order chi connectivity index (χ0) is 20.9. The van der Waals surface area contributed by atoms with Crippen LogP contribution in [0.1, 0.15) is 0 Å². The van der Waals surface area contributed by atoms with Crippen molar-refractivity contribution >= 4 is 38.8 Å². The van der Waals surface area contributed by atoms with Crippen molar-refractivity contribution < 1.29 is 21.6 Å². The third kappa shape index (κ3) is 5.48. The standard InChI is InChI=1S/C16H12F3N5O2S2/c17-16(18,19)27-11-3-7-13(8-4-11)28(25,26)12-5-1-10(2-6-12)23-24-14(9-20)15(21)22/h1-8,23H,(H3,21,22)/b24-14+. The number of alkyl halides is 3. The molecule has 146 valence electrons. The van der Waals surface area contributed by atoms with Gasteiger partial charge in [0.1, 0.15) is 6.07 Å². The van der Waals surface area contributed by atoms with E-state index in [1.165, 1.54) is 24.3 Å². The fourth-order valence-corrected chi connectivity index (χ4v) is 3.73. The van der Waals surface area contributed by atoms with Crippen molar-refractivity contribution in [2.24, 2.45) is 10.8 Å². The number of halogens is 3. The quantitative estimate of drug-likeness (QED) is 0.280. The summed E-state index contributed by atoms with van der Waals surface area (Å²) in [7, 11) is -3.93. The maximum atomic E-state index is 12.6. The maximum Gasteiger partial charge on any atom is 0.446 e. The normalized spacial score (nSPS) is 12.3. The van der Waals surface area contributed by atoms with Gasteiger partial charge in [0.15, 0.2) is 5.84 Å². The molecule has 2 aromatic carbocycles. The number of rotatable bonds is 6. The second-order valence-corrected chi connectivity index (χ2v) is 8.23. The van der Waals surface area contributed by atoms with E-state index in [9.17, 15) is 21.6 Å². The first-order valence-corrected chi connectivity index (χ1v) is 9.62. The van der Waals surface area contributed by atoms with E-state index in [0.29, 0.717) is 5.69 Å². The van der Waals surface area contributed by atoms with Gasteiger partial charge in [0.2, 0.25) is 15.5 Å². The summed E-state index contributed by atoms with van der Waals surface area (Å²) in [5, 5.41) is 19.5. The number of benzene rings is 2. The molecule has 0 aliphatic carbocycles. The van der Waals surface area contributed by atoms with Gasteiger partial charge in [-0.2, -0.15) is 23.5 Å². The summed E-state index contributed by atoms with van der Waals surface area (Å²) >= 11 is -0.333. The number of amidine groups is 1. The highest BCUT2D eigenvalue weighted by atomic mass is 32.2. The van der Waals surface area contributed by atoms with Crippen LogP contribution in [0.3, 0.4) is 0 Å². The van der Waals surface area contributed by atoms with E-state index in [2.05, 4.69) is 10.5 Å². The molecule has 0 atom stereocenters. The molecule has 2 aromatic rings. The lowest BCUT2D eigenvalue weighted by molar-refractivity contribution is -0.0328. The number of anilines is 1. The molecule has 0 saturated heterocycles. The first kappa shape index (κ1) is 21.3. The van der Waals surface area contributed by atoms with Crippen molar-refractivity contribution in [3.63, 3.8) is 0 Å². The molecular formula is C16H12F3N5O2S2. The fourth-order valence-electron chi connectivity index (χ4n) is 1.93. The molecule has 0 unspecified atom stereocenters. The minimum absolute atomic E-state index is 0.0784.